The maximum atomic E-state index is 12.6. The van der Waals surface area contributed by atoms with Gasteiger partial charge in [-0.15, -0.1) is 0 Å². The lowest BCUT2D eigenvalue weighted by atomic mass is 9.97. The molecule has 1 saturated carbocycles. The van der Waals surface area contributed by atoms with Gasteiger partial charge in [0.15, 0.2) is 16.4 Å². The summed E-state index contributed by atoms with van der Waals surface area (Å²) in [6, 6.07) is 4.50. The monoisotopic (exact) mass is 394 g/mol. The number of nitrogens with one attached hydrogen (secondary N) is 2. The van der Waals surface area contributed by atoms with Crippen molar-refractivity contribution in [3.8, 4) is 5.75 Å². The van der Waals surface area contributed by atoms with E-state index in [2.05, 4.69) is 10.6 Å². The summed E-state index contributed by atoms with van der Waals surface area (Å²) in [7, 11) is -3.63. The van der Waals surface area contributed by atoms with Crippen LogP contribution in [0.25, 0.3) is 0 Å². The quantitative estimate of drug-likeness (QED) is 0.799. The van der Waals surface area contributed by atoms with Crippen LogP contribution in [0.3, 0.4) is 0 Å². The molecule has 1 aromatic carbocycles. The predicted octanol–water partition coefficient (Wildman–Crippen LogP) is 2.41. The third-order valence-electron chi connectivity index (χ3n) is 5.01. The van der Waals surface area contributed by atoms with Gasteiger partial charge in [-0.2, -0.15) is 0 Å². The molecule has 2 aliphatic rings. The molecule has 2 N–H and O–H groups in total. The molecule has 0 spiro atoms. The maximum absolute atomic E-state index is 12.6. The fraction of sp³-hybridized carbons (Fsp3) is 0.579. The Labute approximate surface area is 159 Å². The van der Waals surface area contributed by atoms with E-state index in [9.17, 15) is 18.0 Å². The Kier molecular flexibility index (Phi) is 6.36. The standard InChI is InChI=1S/C19H26N2O5S/c22-18(20-14-6-4-2-1-3-5-7-14)10-11-27(24,25)15-8-9-17-16(12-15)21-19(23)13-26-17/h8-9,12,14H,1-7,10-11,13H2,(H,20,22)(H,21,23). The van der Waals surface area contributed by atoms with Gasteiger partial charge in [-0.3, -0.25) is 9.59 Å². The van der Waals surface area contributed by atoms with Crippen LogP contribution < -0.4 is 15.4 Å². The number of hydrogen-bond acceptors (Lipinski definition) is 5. The summed E-state index contributed by atoms with van der Waals surface area (Å²) in [5.74, 6) is -0.371. The van der Waals surface area contributed by atoms with E-state index in [4.69, 9.17) is 4.74 Å². The van der Waals surface area contributed by atoms with Crippen LogP contribution in [-0.4, -0.2) is 38.6 Å². The molecule has 148 valence electrons. The Balaban J connectivity index is 1.57. The van der Waals surface area contributed by atoms with Crippen molar-refractivity contribution in [3.63, 3.8) is 0 Å². The van der Waals surface area contributed by atoms with E-state index in [-0.39, 0.29) is 41.5 Å². The first-order chi connectivity index (χ1) is 12.9. The van der Waals surface area contributed by atoms with Crippen LogP contribution in [0.4, 0.5) is 5.69 Å². The van der Waals surface area contributed by atoms with Gasteiger partial charge < -0.3 is 15.4 Å². The van der Waals surface area contributed by atoms with Crippen LogP contribution in [-0.2, 0) is 19.4 Å². The molecule has 0 saturated heterocycles. The minimum atomic E-state index is -3.63. The number of carbonyl (C=O) groups excluding carboxylic acids is 2. The zero-order valence-corrected chi connectivity index (χ0v) is 16.1. The third kappa shape index (κ3) is 5.45. The van der Waals surface area contributed by atoms with Gasteiger partial charge in [-0.25, -0.2) is 8.42 Å². The van der Waals surface area contributed by atoms with E-state index < -0.39 is 9.84 Å². The summed E-state index contributed by atoms with van der Waals surface area (Å²) < 4.78 is 30.4. The first-order valence-corrected chi connectivity index (χ1v) is 11.2. The zero-order chi connectivity index (χ0) is 19.3. The first-order valence-electron chi connectivity index (χ1n) is 9.53. The third-order valence-corrected chi connectivity index (χ3v) is 6.72. The van der Waals surface area contributed by atoms with Gasteiger partial charge in [0.1, 0.15) is 5.75 Å². The number of hydrogen-bond donors (Lipinski definition) is 2. The van der Waals surface area contributed by atoms with Gasteiger partial charge >= 0.3 is 0 Å². The van der Waals surface area contributed by atoms with Gasteiger partial charge in [-0.05, 0) is 31.0 Å². The fourth-order valence-corrected chi connectivity index (χ4v) is 4.76. The molecular formula is C19H26N2O5S. The van der Waals surface area contributed by atoms with Crippen molar-refractivity contribution >= 4 is 27.3 Å². The highest BCUT2D eigenvalue weighted by molar-refractivity contribution is 7.91. The molecule has 27 heavy (non-hydrogen) atoms. The molecule has 8 heteroatoms. The van der Waals surface area contributed by atoms with Gasteiger partial charge in [0.25, 0.3) is 5.91 Å². The molecule has 0 radical (unpaired) electrons. The summed E-state index contributed by atoms with van der Waals surface area (Å²) >= 11 is 0. The van der Waals surface area contributed by atoms with Crippen molar-refractivity contribution in [2.75, 3.05) is 17.7 Å². The van der Waals surface area contributed by atoms with Gasteiger partial charge in [0.05, 0.1) is 16.3 Å². The fourth-order valence-electron chi connectivity index (χ4n) is 3.50. The molecule has 1 aliphatic carbocycles. The van der Waals surface area contributed by atoms with Crippen LogP contribution >= 0.6 is 0 Å². The number of sulfone groups is 1. The van der Waals surface area contributed by atoms with Crippen molar-refractivity contribution in [1.29, 1.82) is 0 Å². The molecule has 7 nitrogen and oxygen atoms in total. The Morgan fingerprint density at radius 1 is 1.15 bits per heavy atom. The van der Waals surface area contributed by atoms with Gasteiger partial charge in [-0.1, -0.05) is 32.1 Å². The number of amides is 2. The molecule has 3 rings (SSSR count). The zero-order valence-electron chi connectivity index (χ0n) is 15.3. The summed E-state index contributed by atoms with van der Waals surface area (Å²) in [4.78, 5) is 23.7. The van der Waals surface area contributed by atoms with E-state index in [1.165, 1.54) is 37.5 Å². The summed E-state index contributed by atoms with van der Waals surface area (Å²) in [6.07, 6.45) is 7.70. The Hall–Kier alpha value is -2.09. The normalized spacial score (nSPS) is 18.4. The van der Waals surface area contributed by atoms with E-state index in [1.807, 2.05) is 0 Å². The SMILES string of the molecule is O=C1COc2ccc(S(=O)(=O)CCC(=O)NC3CCCCCCC3)cc2N1. The molecule has 0 aromatic heterocycles. The lowest BCUT2D eigenvalue weighted by Crippen LogP contribution is -2.36. The number of fused-ring (bicyclic) bond motifs is 1. The molecule has 0 atom stereocenters. The predicted molar refractivity (Wildman–Crippen MR) is 101 cm³/mol. The minimum absolute atomic E-state index is 0.0707. The number of benzene rings is 1. The Bertz CT molecular complexity index is 798. The molecular weight excluding hydrogens is 368 g/mol. The molecule has 1 aliphatic heterocycles. The lowest BCUT2D eigenvalue weighted by Gasteiger charge is -2.21. The maximum Gasteiger partial charge on any atom is 0.262 e. The van der Waals surface area contributed by atoms with E-state index in [0.29, 0.717) is 11.4 Å². The van der Waals surface area contributed by atoms with Crippen LogP contribution in [0.2, 0.25) is 0 Å². The second-order valence-corrected chi connectivity index (χ2v) is 9.28. The summed E-state index contributed by atoms with van der Waals surface area (Å²) in [6.45, 7) is -0.0829. The molecule has 1 fully saturated rings. The van der Waals surface area contributed by atoms with E-state index in [1.54, 1.807) is 0 Å². The van der Waals surface area contributed by atoms with Crippen LogP contribution in [0.15, 0.2) is 23.1 Å². The van der Waals surface area contributed by atoms with Crippen molar-refractivity contribution in [3.05, 3.63) is 18.2 Å². The number of anilines is 1. The highest BCUT2D eigenvalue weighted by atomic mass is 32.2. The largest absolute Gasteiger partial charge is 0.482 e. The number of carbonyl (C=O) groups is 2. The van der Waals surface area contributed by atoms with Crippen molar-refractivity contribution < 1.29 is 22.7 Å². The van der Waals surface area contributed by atoms with E-state index >= 15 is 0 Å². The van der Waals surface area contributed by atoms with Crippen LogP contribution in [0, 0.1) is 0 Å². The molecule has 1 aromatic rings. The summed E-state index contributed by atoms with van der Waals surface area (Å²) in [5, 5.41) is 5.58. The smallest absolute Gasteiger partial charge is 0.262 e. The lowest BCUT2D eigenvalue weighted by molar-refractivity contribution is -0.121. The average Bonchev–Trinajstić information content (AvgIpc) is 2.61. The molecule has 0 bridgehead atoms. The van der Waals surface area contributed by atoms with Crippen molar-refractivity contribution in [1.82, 2.24) is 5.32 Å². The number of rotatable bonds is 5. The number of ether oxygens (including phenoxy) is 1. The Morgan fingerprint density at radius 2 is 1.85 bits per heavy atom. The van der Waals surface area contributed by atoms with Gasteiger partial charge in [0.2, 0.25) is 5.91 Å². The van der Waals surface area contributed by atoms with Crippen LogP contribution in [0.1, 0.15) is 51.4 Å². The van der Waals surface area contributed by atoms with Crippen molar-refractivity contribution in [2.45, 2.75) is 62.3 Å². The van der Waals surface area contributed by atoms with E-state index in [0.717, 1.165) is 25.7 Å². The highest BCUT2D eigenvalue weighted by Crippen LogP contribution is 2.30. The average molecular weight is 394 g/mol. The second-order valence-electron chi connectivity index (χ2n) is 7.17. The van der Waals surface area contributed by atoms with Crippen molar-refractivity contribution in [2.24, 2.45) is 0 Å². The molecule has 1 heterocycles. The topological polar surface area (TPSA) is 102 Å². The Morgan fingerprint density at radius 3 is 2.59 bits per heavy atom. The van der Waals surface area contributed by atoms with Crippen LogP contribution in [0.5, 0.6) is 5.75 Å². The first kappa shape index (κ1) is 19.7. The highest BCUT2D eigenvalue weighted by Gasteiger charge is 2.22. The summed E-state index contributed by atoms with van der Waals surface area (Å²) in [5.41, 5.74) is 0.339. The minimum Gasteiger partial charge on any atom is -0.482 e. The molecule has 2 amide bonds. The van der Waals surface area contributed by atoms with Gasteiger partial charge in [0, 0.05) is 12.5 Å². The second kappa shape index (κ2) is 8.73. The molecule has 0 unspecified atom stereocenters.